The fourth-order valence-electron chi connectivity index (χ4n) is 7.71. The van der Waals surface area contributed by atoms with Crippen LogP contribution in [0.5, 0.6) is 0 Å². The molecule has 24 heteroatoms. The number of nitrogens with zero attached hydrogens (tertiary/aromatic N) is 7. The Bertz CT molecular complexity index is 3010. The fourth-order valence-corrected chi connectivity index (χ4v) is 7.71. The van der Waals surface area contributed by atoms with Gasteiger partial charge in [0.2, 0.25) is 11.8 Å². The second kappa shape index (κ2) is 23.3. The van der Waals surface area contributed by atoms with Gasteiger partial charge in [-0.3, -0.25) is 38.4 Å². The summed E-state index contributed by atoms with van der Waals surface area (Å²) in [5, 5.41) is 22.2. The summed E-state index contributed by atoms with van der Waals surface area (Å²) in [7, 11) is 13.9. The second-order valence-corrected chi connectivity index (χ2v) is 17.6. The molecule has 382 valence electrons. The molecule has 24 nitrogen and oxygen atoms in total. The van der Waals surface area contributed by atoms with Gasteiger partial charge in [0.05, 0.1) is 34.1 Å². The number of carbonyl (C=O) groups is 8. The Labute approximate surface area is 415 Å². The standard InChI is InChI=1S/C48H62N16O8/c1-58(2)16-10-14-50-43(67)35-19-31(25-59(35)3)54-47(71)39-22-34(28-63(39)7)57-46(70)38-18-30(24-62(38)6)53-42(66)12-15-51-44(68)36-20-32(26-60(36)4)55-48(72)40-21-33(27-64(40)8)56-45(69)37-17-29(23-61(37)5)52-41(65)11-9-13-49/h17-28H,9-16,49H2,1-8H3,(H,50,67)(H,51,68)(H,52,65)(H,53,66)(H,54,71)(H,55,72)(H,56,69)(H,57,70). The van der Waals surface area contributed by atoms with E-state index in [1.165, 1.54) is 38.0 Å². The molecule has 0 aliphatic heterocycles. The molecule has 0 aromatic carbocycles. The smallest absolute Gasteiger partial charge is 0.272 e. The highest BCUT2D eigenvalue weighted by atomic mass is 16.2. The summed E-state index contributed by atoms with van der Waals surface area (Å²) < 4.78 is 9.36. The molecule has 0 saturated heterocycles. The van der Waals surface area contributed by atoms with E-state index >= 15 is 0 Å². The van der Waals surface area contributed by atoms with Crippen LogP contribution in [0.3, 0.4) is 0 Å². The van der Waals surface area contributed by atoms with Crippen molar-refractivity contribution in [1.29, 1.82) is 0 Å². The number of anilines is 6. The van der Waals surface area contributed by atoms with Crippen LogP contribution >= 0.6 is 0 Å². The molecule has 0 saturated carbocycles. The molecule has 0 aliphatic carbocycles. The predicted molar refractivity (Wildman–Crippen MR) is 272 cm³/mol. The Balaban J connectivity index is 0.948. The number of rotatable bonds is 22. The molecule has 10 N–H and O–H groups in total. The van der Waals surface area contributed by atoms with Crippen LogP contribution in [-0.4, -0.2) is 120 Å². The van der Waals surface area contributed by atoms with E-state index in [4.69, 9.17) is 5.73 Å². The topological polar surface area (TPSA) is 292 Å². The number of aryl methyl sites for hydroxylation is 6. The van der Waals surface area contributed by atoms with Gasteiger partial charge in [-0.05, 0) is 76.4 Å². The fraction of sp³-hybridized carbons (Fsp3) is 0.333. The highest BCUT2D eigenvalue weighted by Crippen LogP contribution is 2.22. The van der Waals surface area contributed by atoms with Crippen molar-refractivity contribution in [3.05, 3.63) is 108 Å². The van der Waals surface area contributed by atoms with Crippen LogP contribution in [0.15, 0.2) is 73.6 Å². The van der Waals surface area contributed by atoms with Crippen LogP contribution in [0.1, 0.15) is 88.6 Å². The molecule has 0 fully saturated rings. The molecule has 0 spiro atoms. The van der Waals surface area contributed by atoms with E-state index in [0.29, 0.717) is 59.3 Å². The highest BCUT2D eigenvalue weighted by Gasteiger charge is 2.22. The lowest BCUT2D eigenvalue weighted by atomic mass is 10.3. The van der Waals surface area contributed by atoms with Gasteiger partial charge in [-0.15, -0.1) is 0 Å². The monoisotopic (exact) mass is 990 g/mol. The number of aromatic nitrogens is 6. The lowest BCUT2D eigenvalue weighted by Crippen LogP contribution is -2.28. The zero-order chi connectivity index (χ0) is 52.4. The molecule has 72 heavy (non-hydrogen) atoms. The summed E-state index contributed by atoms with van der Waals surface area (Å²) in [6.07, 6.45) is 11.0. The zero-order valence-corrected chi connectivity index (χ0v) is 41.6. The van der Waals surface area contributed by atoms with Crippen LogP contribution in [0.4, 0.5) is 34.1 Å². The summed E-state index contributed by atoms with van der Waals surface area (Å²) >= 11 is 0. The normalized spacial score (nSPS) is 11.0. The minimum Gasteiger partial charge on any atom is -0.351 e. The van der Waals surface area contributed by atoms with Crippen LogP contribution in [0.25, 0.3) is 0 Å². The molecule has 6 aromatic rings. The number of hydrogen-bond donors (Lipinski definition) is 9. The van der Waals surface area contributed by atoms with E-state index in [2.05, 4.69) is 42.5 Å². The first-order chi connectivity index (χ1) is 34.2. The number of nitrogens with two attached hydrogens (primary N) is 1. The van der Waals surface area contributed by atoms with E-state index < -0.39 is 35.4 Å². The maximum absolute atomic E-state index is 13.3. The Morgan fingerprint density at radius 3 is 0.986 bits per heavy atom. The van der Waals surface area contributed by atoms with Gasteiger partial charge < -0.3 is 80.6 Å². The van der Waals surface area contributed by atoms with Crippen LogP contribution in [-0.2, 0) is 51.9 Å². The van der Waals surface area contributed by atoms with Gasteiger partial charge in [-0.25, -0.2) is 0 Å². The predicted octanol–water partition coefficient (Wildman–Crippen LogP) is 2.84. The van der Waals surface area contributed by atoms with Gasteiger partial charge in [0.25, 0.3) is 35.4 Å². The van der Waals surface area contributed by atoms with Crippen LogP contribution in [0, 0.1) is 0 Å². The van der Waals surface area contributed by atoms with Gasteiger partial charge in [-0.2, -0.15) is 0 Å². The quantitative estimate of drug-likeness (QED) is 0.0449. The van der Waals surface area contributed by atoms with Crippen LogP contribution < -0.4 is 48.3 Å². The molecule has 8 amide bonds. The number of nitrogens with one attached hydrogen (secondary N) is 8. The molecular formula is C48H62N16O8. The lowest BCUT2D eigenvalue weighted by Gasteiger charge is -2.10. The first kappa shape index (κ1) is 52.7. The molecular weight excluding hydrogens is 929 g/mol. The molecule has 0 aliphatic rings. The average Bonchev–Trinajstić information content (AvgIpc) is 4.17. The number of amides is 8. The number of hydrogen-bond acceptors (Lipinski definition) is 10. The number of carbonyl (C=O) groups excluding carboxylic acids is 8. The molecule has 0 atom stereocenters. The molecule has 6 aromatic heterocycles. The van der Waals surface area contributed by atoms with Crippen molar-refractivity contribution in [1.82, 2.24) is 42.9 Å². The largest absolute Gasteiger partial charge is 0.351 e. The summed E-state index contributed by atoms with van der Waals surface area (Å²) in [5.74, 6) is -3.29. The van der Waals surface area contributed by atoms with Gasteiger partial charge >= 0.3 is 0 Å². The summed E-state index contributed by atoms with van der Waals surface area (Å²) in [6.45, 7) is 1.72. The minimum atomic E-state index is -0.502. The van der Waals surface area contributed by atoms with E-state index in [9.17, 15) is 38.4 Å². The third kappa shape index (κ3) is 13.6. The molecule has 6 heterocycles. The van der Waals surface area contributed by atoms with Crippen molar-refractivity contribution in [2.75, 3.05) is 72.2 Å². The Kier molecular flexibility index (Phi) is 17.1. The van der Waals surface area contributed by atoms with E-state index in [0.717, 1.165) is 13.0 Å². The van der Waals surface area contributed by atoms with Gasteiger partial charge in [0.15, 0.2) is 0 Å². The zero-order valence-electron chi connectivity index (χ0n) is 41.6. The maximum atomic E-state index is 13.3. The second-order valence-electron chi connectivity index (χ2n) is 17.6. The summed E-state index contributed by atoms with van der Waals surface area (Å²) in [6, 6.07) is 9.14. The first-order valence-electron chi connectivity index (χ1n) is 22.9. The molecule has 6 rings (SSSR count). The summed E-state index contributed by atoms with van der Waals surface area (Å²) in [5.41, 5.74) is 9.33. The average molecular weight is 991 g/mol. The highest BCUT2D eigenvalue weighted by molar-refractivity contribution is 6.09. The van der Waals surface area contributed by atoms with Crippen LogP contribution in [0.2, 0.25) is 0 Å². The Hall–Kier alpha value is -8.64. The third-order valence-corrected chi connectivity index (χ3v) is 11.3. The van der Waals surface area contributed by atoms with E-state index in [1.807, 2.05) is 19.0 Å². The third-order valence-electron chi connectivity index (χ3n) is 11.3. The van der Waals surface area contributed by atoms with Crippen molar-refractivity contribution in [2.24, 2.45) is 48.0 Å². The molecule has 0 radical (unpaired) electrons. The SMILES string of the molecule is CN(C)CCCNC(=O)c1cc(NC(=O)c2cc(NC(=O)c3cc(NC(=O)CCNC(=O)c4cc(NC(=O)c5cc(NC(=O)c6cc(NC(=O)CCCN)cn6C)cn5C)cn4C)cn3C)cn2C)cn1C. The maximum Gasteiger partial charge on any atom is 0.272 e. The van der Waals surface area contributed by atoms with Crippen molar-refractivity contribution < 1.29 is 38.4 Å². The van der Waals surface area contributed by atoms with Crippen molar-refractivity contribution in [3.63, 3.8) is 0 Å². The van der Waals surface area contributed by atoms with Crippen molar-refractivity contribution in [3.8, 4) is 0 Å². The van der Waals surface area contributed by atoms with Gasteiger partial charge in [0.1, 0.15) is 34.2 Å². The van der Waals surface area contributed by atoms with Gasteiger partial charge in [0, 0.05) is 105 Å². The Morgan fingerprint density at radius 1 is 0.403 bits per heavy atom. The van der Waals surface area contributed by atoms with Crippen molar-refractivity contribution >= 4 is 81.4 Å². The summed E-state index contributed by atoms with van der Waals surface area (Å²) in [4.78, 5) is 106. The van der Waals surface area contributed by atoms with Crippen molar-refractivity contribution in [2.45, 2.75) is 25.7 Å². The minimum absolute atomic E-state index is 0.0228. The molecule has 0 unspecified atom stereocenters. The van der Waals surface area contributed by atoms with E-state index in [-0.39, 0.29) is 59.7 Å². The van der Waals surface area contributed by atoms with E-state index in [1.54, 1.807) is 105 Å². The first-order valence-corrected chi connectivity index (χ1v) is 22.9. The van der Waals surface area contributed by atoms with Gasteiger partial charge in [-0.1, -0.05) is 0 Å². The molecule has 0 bridgehead atoms. The Morgan fingerprint density at radius 2 is 0.681 bits per heavy atom. The lowest BCUT2D eigenvalue weighted by molar-refractivity contribution is -0.117.